The van der Waals surface area contributed by atoms with Crippen LogP contribution in [0.25, 0.3) is 0 Å². The Hall–Kier alpha value is -0.520. The number of hydrogen-bond acceptors (Lipinski definition) is 1. The van der Waals surface area contributed by atoms with Gasteiger partial charge in [0.25, 0.3) is 0 Å². The summed E-state index contributed by atoms with van der Waals surface area (Å²) in [5.74, 6) is 4.16. The van der Waals surface area contributed by atoms with Crippen LogP contribution in [0.4, 0.5) is 0 Å². The summed E-state index contributed by atoms with van der Waals surface area (Å²) in [6.45, 7) is 18.0. The van der Waals surface area contributed by atoms with Crippen molar-refractivity contribution in [2.75, 3.05) is 0 Å². The van der Waals surface area contributed by atoms with Gasteiger partial charge in [-0.2, -0.15) is 0 Å². The SMILES string of the molecule is C=C=C1CCC2C3C4OC(C)(C)C[C@@H]4C4CCCCC4(C)C3CCC12C.CC. The lowest BCUT2D eigenvalue weighted by molar-refractivity contribution is -0.185. The highest BCUT2D eigenvalue weighted by Crippen LogP contribution is 2.70. The molecule has 0 aromatic heterocycles. The minimum atomic E-state index is 0.0755. The van der Waals surface area contributed by atoms with Crippen molar-refractivity contribution < 1.29 is 4.74 Å². The van der Waals surface area contributed by atoms with Crippen molar-refractivity contribution in [3.63, 3.8) is 0 Å². The summed E-state index contributed by atoms with van der Waals surface area (Å²) < 4.78 is 6.89. The molecule has 1 heteroatoms. The van der Waals surface area contributed by atoms with Crippen molar-refractivity contribution in [3.05, 3.63) is 17.9 Å². The van der Waals surface area contributed by atoms with Crippen molar-refractivity contribution in [1.82, 2.24) is 0 Å². The highest BCUT2D eigenvalue weighted by molar-refractivity contribution is 5.25. The van der Waals surface area contributed by atoms with E-state index in [1.54, 1.807) is 0 Å². The maximum absolute atomic E-state index is 6.89. The van der Waals surface area contributed by atoms with Gasteiger partial charge in [0.05, 0.1) is 11.7 Å². The van der Waals surface area contributed by atoms with Crippen LogP contribution in [0.5, 0.6) is 0 Å². The molecule has 5 fully saturated rings. The Labute approximate surface area is 174 Å². The number of fused-ring (bicyclic) bond motifs is 8. The van der Waals surface area contributed by atoms with E-state index in [1.807, 2.05) is 13.8 Å². The standard InChI is InChI=1S/C25H38O.C2H6/c1-6-16-10-11-19-21-20(12-14-24(16,19)4)25(5)13-8-7-9-18(25)17-15-23(2,3)26-22(17)21;1-2/h17-22H,1,7-15H2,2-5H3;1-2H3/t17-,18?,19?,20?,21?,22?,24?,25?;/m1./s1. The van der Waals surface area contributed by atoms with Crippen LogP contribution in [-0.2, 0) is 4.74 Å². The predicted molar refractivity (Wildman–Crippen MR) is 118 cm³/mol. The van der Waals surface area contributed by atoms with E-state index in [9.17, 15) is 0 Å². The first kappa shape index (κ1) is 20.7. The van der Waals surface area contributed by atoms with Crippen LogP contribution < -0.4 is 0 Å². The maximum atomic E-state index is 6.89. The second kappa shape index (κ2) is 7.02. The first-order valence-corrected chi connectivity index (χ1v) is 12.4. The van der Waals surface area contributed by atoms with Crippen LogP contribution in [0.15, 0.2) is 17.9 Å². The lowest BCUT2D eigenvalue weighted by Gasteiger charge is -2.63. The molecule has 158 valence electrons. The minimum Gasteiger partial charge on any atom is -0.372 e. The third-order valence-electron chi connectivity index (χ3n) is 10.0. The Morgan fingerprint density at radius 1 is 0.929 bits per heavy atom. The Kier molecular flexibility index (Phi) is 5.20. The number of rotatable bonds is 0. The maximum Gasteiger partial charge on any atom is 0.0648 e. The van der Waals surface area contributed by atoms with Crippen molar-refractivity contribution in [2.45, 2.75) is 111 Å². The van der Waals surface area contributed by atoms with Gasteiger partial charge in [-0.3, -0.25) is 0 Å². The molecule has 5 aliphatic rings. The molecule has 7 unspecified atom stereocenters. The fourth-order valence-corrected chi connectivity index (χ4v) is 9.00. The molecule has 0 aromatic carbocycles. The molecular formula is C27H44O. The van der Waals surface area contributed by atoms with Gasteiger partial charge in [0.15, 0.2) is 0 Å². The normalized spacial score (nSPS) is 51.0. The van der Waals surface area contributed by atoms with E-state index in [-0.39, 0.29) is 5.60 Å². The summed E-state index contributed by atoms with van der Waals surface area (Å²) >= 11 is 0. The molecular weight excluding hydrogens is 340 g/mol. The fourth-order valence-electron chi connectivity index (χ4n) is 9.00. The van der Waals surface area contributed by atoms with Crippen LogP contribution in [0.2, 0.25) is 0 Å². The molecule has 0 N–H and O–H groups in total. The quantitative estimate of drug-likeness (QED) is 0.391. The summed E-state index contributed by atoms with van der Waals surface area (Å²) in [6.07, 6.45) is 13.0. The summed E-state index contributed by atoms with van der Waals surface area (Å²) in [4.78, 5) is 0. The molecule has 1 aliphatic heterocycles. The number of hydrogen-bond donors (Lipinski definition) is 0. The predicted octanol–water partition coefficient (Wildman–Crippen LogP) is 7.56. The molecule has 0 spiro atoms. The molecule has 0 bridgehead atoms. The van der Waals surface area contributed by atoms with Crippen LogP contribution in [0.1, 0.15) is 99.3 Å². The van der Waals surface area contributed by atoms with Gasteiger partial charge >= 0.3 is 0 Å². The Balaban J connectivity index is 0.000000932. The second-order valence-corrected chi connectivity index (χ2v) is 11.5. The van der Waals surface area contributed by atoms with Crippen LogP contribution in [0, 0.1) is 40.4 Å². The van der Waals surface area contributed by atoms with Crippen molar-refractivity contribution in [1.29, 1.82) is 0 Å². The molecule has 8 atom stereocenters. The lowest BCUT2D eigenvalue weighted by atomic mass is 9.42. The Bertz CT molecular complexity index is 655. The zero-order chi connectivity index (χ0) is 20.3. The molecule has 4 saturated carbocycles. The van der Waals surface area contributed by atoms with Gasteiger partial charge in [-0.05, 0) is 105 Å². The molecule has 0 radical (unpaired) electrons. The van der Waals surface area contributed by atoms with E-state index < -0.39 is 0 Å². The summed E-state index contributed by atoms with van der Waals surface area (Å²) in [6, 6.07) is 0. The van der Waals surface area contributed by atoms with Crippen molar-refractivity contribution >= 4 is 0 Å². The van der Waals surface area contributed by atoms with Gasteiger partial charge in [-0.1, -0.05) is 47.1 Å². The minimum absolute atomic E-state index is 0.0755. The number of ether oxygens (including phenoxy) is 1. The smallest absolute Gasteiger partial charge is 0.0648 e. The fraction of sp³-hybridized carbons (Fsp3) is 0.889. The van der Waals surface area contributed by atoms with Crippen molar-refractivity contribution in [3.8, 4) is 0 Å². The van der Waals surface area contributed by atoms with Crippen LogP contribution in [0.3, 0.4) is 0 Å². The van der Waals surface area contributed by atoms with Gasteiger partial charge in [0.2, 0.25) is 0 Å². The third-order valence-corrected chi connectivity index (χ3v) is 10.0. The zero-order valence-corrected chi connectivity index (χ0v) is 19.4. The molecule has 28 heavy (non-hydrogen) atoms. The second-order valence-electron chi connectivity index (χ2n) is 11.5. The third kappa shape index (κ3) is 2.75. The zero-order valence-electron chi connectivity index (χ0n) is 19.4. The Morgan fingerprint density at radius 3 is 2.39 bits per heavy atom. The largest absolute Gasteiger partial charge is 0.372 e. The first-order valence-electron chi connectivity index (χ1n) is 12.4. The molecule has 1 saturated heterocycles. The van der Waals surface area contributed by atoms with Crippen LogP contribution >= 0.6 is 0 Å². The van der Waals surface area contributed by atoms with E-state index in [4.69, 9.17) is 4.74 Å². The Morgan fingerprint density at radius 2 is 1.68 bits per heavy atom. The van der Waals surface area contributed by atoms with E-state index in [2.05, 4.69) is 40.0 Å². The highest BCUT2D eigenvalue weighted by Gasteiger charge is 2.66. The summed E-state index contributed by atoms with van der Waals surface area (Å²) in [5, 5.41) is 0. The molecule has 0 amide bonds. The molecule has 1 heterocycles. The molecule has 5 rings (SSSR count). The van der Waals surface area contributed by atoms with Gasteiger partial charge < -0.3 is 4.74 Å². The molecule has 1 nitrogen and oxygen atoms in total. The van der Waals surface area contributed by atoms with Crippen molar-refractivity contribution in [2.24, 2.45) is 40.4 Å². The van der Waals surface area contributed by atoms with E-state index >= 15 is 0 Å². The van der Waals surface area contributed by atoms with Crippen LogP contribution in [-0.4, -0.2) is 11.7 Å². The van der Waals surface area contributed by atoms with Gasteiger partial charge in [0.1, 0.15) is 0 Å². The van der Waals surface area contributed by atoms with E-state index in [1.165, 1.54) is 63.4 Å². The van der Waals surface area contributed by atoms with Gasteiger partial charge in [-0.15, -0.1) is 5.73 Å². The van der Waals surface area contributed by atoms with Gasteiger partial charge in [-0.25, -0.2) is 0 Å². The van der Waals surface area contributed by atoms with Gasteiger partial charge in [0, 0.05) is 0 Å². The number of allylic oxidation sites excluding steroid dienone is 1. The van der Waals surface area contributed by atoms with E-state index in [0.717, 1.165) is 29.6 Å². The monoisotopic (exact) mass is 384 g/mol. The average molecular weight is 385 g/mol. The topological polar surface area (TPSA) is 9.23 Å². The highest BCUT2D eigenvalue weighted by atomic mass is 16.5. The summed E-state index contributed by atoms with van der Waals surface area (Å²) in [5.41, 5.74) is 5.89. The molecule has 4 aliphatic carbocycles. The first-order chi connectivity index (χ1) is 13.3. The lowest BCUT2D eigenvalue weighted by Crippen LogP contribution is -2.60. The summed E-state index contributed by atoms with van der Waals surface area (Å²) in [7, 11) is 0. The van der Waals surface area contributed by atoms with E-state index in [0.29, 0.717) is 16.9 Å². The molecule has 0 aromatic rings. The average Bonchev–Trinajstić information content (AvgIpc) is 3.18.